The molecule has 3 nitrogen and oxygen atoms in total. The SMILES string of the molecule is Nc1cccc[n+]1/C=C/C(=O)c1cccc2ccccc12.[Cl-]. The molecular weight excluding hydrogens is 296 g/mol. The number of benzene rings is 2. The second kappa shape index (κ2) is 6.87. The highest BCUT2D eigenvalue weighted by atomic mass is 35.5. The molecule has 0 bridgehead atoms. The van der Waals surface area contributed by atoms with Crippen LogP contribution in [0.5, 0.6) is 0 Å². The number of hydrogen-bond acceptors (Lipinski definition) is 2. The van der Waals surface area contributed by atoms with Crippen molar-refractivity contribution in [2.24, 2.45) is 0 Å². The molecule has 0 unspecified atom stereocenters. The predicted octanol–water partition coefficient (Wildman–Crippen LogP) is 0.0671. The van der Waals surface area contributed by atoms with Gasteiger partial charge in [0.25, 0.3) is 5.82 Å². The summed E-state index contributed by atoms with van der Waals surface area (Å²) >= 11 is 0. The second-order valence-electron chi connectivity index (χ2n) is 4.74. The minimum Gasteiger partial charge on any atom is -1.00 e. The van der Waals surface area contributed by atoms with E-state index in [-0.39, 0.29) is 18.2 Å². The first-order valence-corrected chi connectivity index (χ1v) is 6.71. The van der Waals surface area contributed by atoms with Crippen LogP contribution in [0.1, 0.15) is 10.4 Å². The molecule has 0 amide bonds. The van der Waals surface area contributed by atoms with Crippen LogP contribution in [0.25, 0.3) is 17.0 Å². The molecule has 1 heterocycles. The summed E-state index contributed by atoms with van der Waals surface area (Å²) in [7, 11) is 0. The number of nitrogens with two attached hydrogens (primary N) is 1. The normalized spacial score (nSPS) is 10.5. The summed E-state index contributed by atoms with van der Waals surface area (Å²) in [6.07, 6.45) is 5.03. The van der Waals surface area contributed by atoms with Gasteiger partial charge in [-0.2, -0.15) is 0 Å². The number of aromatic nitrogens is 1. The minimum atomic E-state index is -0.0393. The summed E-state index contributed by atoms with van der Waals surface area (Å²) in [6.45, 7) is 0. The lowest BCUT2D eigenvalue weighted by molar-refractivity contribution is -0.552. The summed E-state index contributed by atoms with van der Waals surface area (Å²) in [5.74, 6) is 0.544. The van der Waals surface area contributed by atoms with Gasteiger partial charge in [-0.3, -0.25) is 10.5 Å². The summed E-state index contributed by atoms with van der Waals surface area (Å²) in [5, 5.41) is 2.02. The largest absolute Gasteiger partial charge is 1.00 e. The number of carbonyl (C=O) groups excluding carboxylic acids is 1. The van der Waals surface area contributed by atoms with Gasteiger partial charge in [-0.1, -0.05) is 48.5 Å². The Hall–Kier alpha value is -2.65. The van der Waals surface area contributed by atoms with E-state index in [0.717, 1.165) is 10.8 Å². The van der Waals surface area contributed by atoms with Crippen LogP contribution >= 0.6 is 0 Å². The zero-order valence-corrected chi connectivity index (χ0v) is 12.6. The van der Waals surface area contributed by atoms with Crippen molar-refractivity contribution in [1.29, 1.82) is 0 Å². The molecule has 0 spiro atoms. The van der Waals surface area contributed by atoms with E-state index in [0.29, 0.717) is 11.4 Å². The highest BCUT2D eigenvalue weighted by molar-refractivity contribution is 6.14. The van der Waals surface area contributed by atoms with Crippen LogP contribution in [0.2, 0.25) is 0 Å². The molecule has 110 valence electrons. The fourth-order valence-corrected chi connectivity index (χ4v) is 2.28. The van der Waals surface area contributed by atoms with E-state index < -0.39 is 0 Å². The zero-order chi connectivity index (χ0) is 14.7. The summed E-state index contributed by atoms with van der Waals surface area (Å²) in [6, 6.07) is 19.1. The number of halogens is 1. The number of nitrogen functional groups attached to an aromatic ring is 1. The van der Waals surface area contributed by atoms with Gasteiger partial charge in [0.15, 0.2) is 5.78 Å². The van der Waals surface area contributed by atoms with Crippen LogP contribution in [0.3, 0.4) is 0 Å². The quantitative estimate of drug-likeness (QED) is 0.423. The highest BCUT2D eigenvalue weighted by Crippen LogP contribution is 2.19. The average molecular weight is 311 g/mol. The molecule has 4 heteroatoms. The van der Waals surface area contributed by atoms with Crippen molar-refractivity contribution in [2.45, 2.75) is 0 Å². The van der Waals surface area contributed by atoms with Crippen LogP contribution in [-0.2, 0) is 0 Å². The van der Waals surface area contributed by atoms with E-state index in [1.54, 1.807) is 16.8 Å². The zero-order valence-electron chi connectivity index (χ0n) is 11.8. The standard InChI is InChI=1S/C18H14N2O.ClH/c19-18-10-3-4-12-20(18)13-11-17(21)16-9-5-7-14-6-1-2-8-15(14)16;/h1-13,19H;1H/b13-11+;. The van der Waals surface area contributed by atoms with Crippen LogP contribution in [0, 0.1) is 0 Å². The molecule has 0 radical (unpaired) electrons. The number of pyridine rings is 1. The fourth-order valence-electron chi connectivity index (χ4n) is 2.28. The molecule has 0 fully saturated rings. The number of ketones is 1. The third-order valence-corrected chi connectivity index (χ3v) is 3.36. The Morgan fingerprint density at radius 1 is 0.955 bits per heavy atom. The number of carbonyl (C=O) groups is 1. The maximum absolute atomic E-state index is 12.4. The van der Waals surface area contributed by atoms with E-state index in [9.17, 15) is 4.79 Å². The van der Waals surface area contributed by atoms with Crippen molar-refractivity contribution in [3.63, 3.8) is 0 Å². The molecule has 3 rings (SSSR count). The van der Waals surface area contributed by atoms with Crippen LogP contribution < -0.4 is 22.7 Å². The first kappa shape index (κ1) is 15.7. The Labute approximate surface area is 135 Å². The smallest absolute Gasteiger partial charge is 0.276 e. The monoisotopic (exact) mass is 310 g/mol. The van der Waals surface area contributed by atoms with Gasteiger partial charge >= 0.3 is 0 Å². The van der Waals surface area contributed by atoms with Gasteiger partial charge in [0, 0.05) is 17.7 Å². The molecule has 0 aliphatic heterocycles. The van der Waals surface area contributed by atoms with E-state index in [2.05, 4.69) is 0 Å². The topological polar surface area (TPSA) is 47.0 Å². The van der Waals surface area contributed by atoms with Gasteiger partial charge in [-0.25, -0.2) is 4.57 Å². The molecule has 2 N–H and O–H groups in total. The van der Waals surface area contributed by atoms with Crippen molar-refractivity contribution in [2.75, 3.05) is 5.73 Å². The van der Waals surface area contributed by atoms with Gasteiger partial charge in [0.05, 0.1) is 12.4 Å². The van der Waals surface area contributed by atoms with Crippen LogP contribution in [0.15, 0.2) is 72.9 Å². The Bertz CT molecular complexity index is 838. The summed E-state index contributed by atoms with van der Waals surface area (Å²) in [5.41, 5.74) is 6.53. The maximum Gasteiger partial charge on any atom is 0.276 e. The van der Waals surface area contributed by atoms with Gasteiger partial charge in [-0.15, -0.1) is 0 Å². The number of fused-ring (bicyclic) bond motifs is 1. The Morgan fingerprint density at radius 3 is 2.50 bits per heavy atom. The van der Waals surface area contributed by atoms with E-state index >= 15 is 0 Å². The minimum absolute atomic E-state index is 0. The van der Waals surface area contributed by atoms with Gasteiger partial charge in [0.2, 0.25) is 0 Å². The van der Waals surface area contributed by atoms with Crippen molar-refractivity contribution in [1.82, 2.24) is 0 Å². The lowest BCUT2D eigenvalue weighted by Crippen LogP contribution is -3.00. The van der Waals surface area contributed by atoms with E-state index in [1.807, 2.05) is 60.8 Å². The summed E-state index contributed by atoms with van der Waals surface area (Å²) in [4.78, 5) is 12.4. The average Bonchev–Trinajstić information content (AvgIpc) is 2.53. The Morgan fingerprint density at radius 2 is 1.68 bits per heavy atom. The molecule has 0 aliphatic carbocycles. The molecule has 3 aromatic rings. The Kier molecular flexibility index (Phi) is 4.92. The first-order valence-electron chi connectivity index (χ1n) is 6.71. The second-order valence-corrected chi connectivity index (χ2v) is 4.74. The maximum atomic E-state index is 12.4. The van der Waals surface area contributed by atoms with Crippen molar-refractivity contribution < 1.29 is 21.8 Å². The van der Waals surface area contributed by atoms with E-state index in [4.69, 9.17) is 5.73 Å². The lowest BCUT2D eigenvalue weighted by Gasteiger charge is -2.02. The van der Waals surface area contributed by atoms with Gasteiger partial charge in [0.1, 0.15) is 0 Å². The number of anilines is 1. The number of hydrogen-bond donors (Lipinski definition) is 1. The molecule has 0 saturated carbocycles. The fraction of sp³-hybridized carbons (Fsp3) is 0. The molecule has 0 aliphatic rings. The van der Waals surface area contributed by atoms with E-state index in [1.165, 1.54) is 6.08 Å². The molecule has 1 aromatic heterocycles. The summed E-state index contributed by atoms with van der Waals surface area (Å²) < 4.78 is 1.71. The van der Waals surface area contributed by atoms with Crippen LogP contribution in [-0.4, -0.2) is 5.78 Å². The van der Waals surface area contributed by atoms with Crippen molar-refractivity contribution in [3.05, 3.63) is 78.5 Å². The molecule has 0 atom stereocenters. The van der Waals surface area contributed by atoms with Gasteiger partial charge in [-0.05, 0) is 16.8 Å². The van der Waals surface area contributed by atoms with Crippen molar-refractivity contribution >= 4 is 28.6 Å². The molecular formula is C18H15ClN2O. The molecule has 2 aromatic carbocycles. The van der Waals surface area contributed by atoms with Gasteiger partial charge < -0.3 is 12.4 Å². The van der Waals surface area contributed by atoms with Crippen molar-refractivity contribution in [3.8, 4) is 0 Å². The molecule has 22 heavy (non-hydrogen) atoms. The number of rotatable bonds is 3. The lowest BCUT2D eigenvalue weighted by atomic mass is 10.0. The third kappa shape index (κ3) is 3.15. The number of nitrogens with zero attached hydrogens (tertiary/aromatic N) is 1. The Balaban J connectivity index is 0.00000176. The third-order valence-electron chi connectivity index (χ3n) is 3.36. The predicted molar refractivity (Wildman–Crippen MR) is 84.7 cm³/mol. The first-order chi connectivity index (χ1) is 10.3. The number of allylic oxidation sites excluding steroid dienone is 1. The van der Waals surface area contributed by atoms with Crippen LogP contribution in [0.4, 0.5) is 5.82 Å². The highest BCUT2D eigenvalue weighted by Gasteiger charge is 2.07. The molecule has 0 saturated heterocycles.